The van der Waals surface area contributed by atoms with Gasteiger partial charge in [-0.1, -0.05) is 6.07 Å². The zero-order chi connectivity index (χ0) is 14.8. The van der Waals surface area contributed by atoms with E-state index in [0.717, 1.165) is 63.5 Å². The molecule has 1 spiro atoms. The third-order valence-electron chi connectivity index (χ3n) is 4.83. The minimum atomic E-state index is 0.0288. The number of nitrogens with zero attached hydrogens (tertiary/aromatic N) is 3. The molecule has 0 radical (unpaired) electrons. The highest BCUT2D eigenvalue weighted by Gasteiger charge is 2.38. The van der Waals surface area contributed by atoms with Gasteiger partial charge in [-0.05, 0) is 37.8 Å². The van der Waals surface area contributed by atoms with E-state index >= 15 is 0 Å². The molecule has 2 saturated heterocycles. The normalized spacial score (nSPS) is 24.8. The van der Waals surface area contributed by atoms with E-state index in [2.05, 4.69) is 15.5 Å². The van der Waals surface area contributed by atoms with Crippen LogP contribution in [0.4, 0.5) is 0 Å². The zero-order valence-corrected chi connectivity index (χ0v) is 12.7. The number of hydrogen-bond acceptors (Lipinski definition) is 5. The molecule has 22 heavy (non-hydrogen) atoms. The second kappa shape index (κ2) is 5.95. The molecule has 0 aliphatic carbocycles. The van der Waals surface area contributed by atoms with Crippen molar-refractivity contribution >= 4 is 5.65 Å². The highest BCUT2D eigenvalue weighted by atomic mass is 16.5. The number of rotatable bonds is 3. The first-order valence-corrected chi connectivity index (χ1v) is 8.08. The Morgan fingerprint density at radius 2 is 2.14 bits per heavy atom. The Morgan fingerprint density at radius 1 is 1.23 bits per heavy atom. The minimum absolute atomic E-state index is 0.0288. The second-order valence-electron chi connectivity index (χ2n) is 6.26. The van der Waals surface area contributed by atoms with Crippen LogP contribution in [0.5, 0.6) is 0 Å². The van der Waals surface area contributed by atoms with Crippen LogP contribution in [0.1, 0.15) is 31.5 Å². The number of hydrogen-bond donors (Lipinski definition) is 1. The summed E-state index contributed by atoms with van der Waals surface area (Å²) in [5, 5.41) is 12.1. The SMILES string of the molecule is c1ccn2c(CN[C@@H]3CCOC4(CCOCC4)C3)nnc2c1. The van der Waals surface area contributed by atoms with Crippen LogP contribution >= 0.6 is 0 Å². The van der Waals surface area contributed by atoms with Gasteiger partial charge in [-0.2, -0.15) is 0 Å². The molecule has 2 aromatic rings. The van der Waals surface area contributed by atoms with Crippen LogP contribution in [-0.2, 0) is 16.0 Å². The predicted molar refractivity (Wildman–Crippen MR) is 81.6 cm³/mol. The van der Waals surface area contributed by atoms with E-state index in [4.69, 9.17) is 9.47 Å². The Labute approximate surface area is 129 Å². The van der Waals surface area contributed by atoms with Crippen molar-refractivity contribution in [2.75, 3.05) is 19.8 Å². The molecule has 1 atom stereocenters. The van der Waals surface area contributed by atoms with Crippen LogP contribution in [0.2, 0.25) is 0 Å². The summed E-state index contributed by atoms with van der Waals surface area (Å²) >= 11 is 0. The topological polar surface area (TPSA) is 60.7 Å². The van der Waals surface area contributed by atoms with Gasteiger partial charge in [0.25, 0.3) is 0 Å². The van der Waals surface area contributed by atoms with Crippen molar-refractivity contribution in [2.24, 2.45) is 0 Å². The van der Waals surface area contributed by atoms with Gasteiger partial charge in [0.2, 0.25) is 0 Å². The van der Waals surface area contributed by atoms with Crippen molar-refractivity contribution in [3.63, 3.8) is 0 Å². The molecule has 0 bridgehead atoms. The van der Waals surface area contributed by atoms with Crippen LogP contribution in [0.3, 0.4) is 0 Å². The molecule has 4 rings (SSSR count). The molecule has 0 amide bonds. The van der Waals surface area contributed by atoms with E-state index in [0.29, 0.717) is 6.04 Å². The molecule has 6 heteroatoms. The average molecular weight is 302 g/mol. The number of aromatic nitrogens is 3. The van der Waals surface area contributed by atoms with Crippen molar-refractivity contribution in [1.29, 1.82) is 0 Å². The summed E-state index contributed by atoms with van der Waals surface area (Å²) in [6.07, 6.45) is 6.15. The fourth-order valence-electron chi connectivity index (χ4n) is 3.54. The minimum Gasteiger partial charge on any atom is -0.381 e. The molecule has 2 fully saturated rings. The number of ether oxygens (including phenoxy) is 2. The molecule has 6 nitrogen and oxygen atoms in total. The summed E-state index contributed by atoms with van der Waals surface area (Å²) < 4.78 is 13.6. The molecule has 4 heterocycles. The van der Waals surface area contributed by atoms with E-state index in [1.807, 2.05) is 28.8 Å². The van der Waals surface area contributed by atoms with E-state index in [1.165, 1.54) is 0 Å². The van der Waals surface area contributed by atoms with Gasteiger partial charge in [-0.15, -0.1) is 10.2 Å². The van der Waals surface area contributed by atoms with Gasteiger partial charge >= 0.3 is 0 Å². The summed E-state index contributed by atoms with van der Waals surface area (Å²) in [5.41, 5.74) is 0.924. The molecular weight excluding hydrogens is 280 g/mol. The molecule has 2 aromatic heterocycles. The molecule has 0 unspecified atom stereocenters. The molecule has 0 saturated carbocycles. The summed E-state index contributed by atoms with van der Waals surface area (Å²) in [6, 6.07) is 6.44. The van der Waals surface area contributed by atoms with Gasteiger partial charge in [0, 0.05) is 32.1 Å². The third kappa shape index (κ3) is 2.74. The molecule has 118 valence electrons. The van der Waals surface area contributed by atoms with E-state index in [9.17, 15) is 0 Å². The highest BCUT2D eigenvalue weighted by molar-refractivity contribution is 5.36. The molecule has 2 aliphatic heterocycles. The third-order valence-corrected chi connectivity index (χ3v) is 4.83. The van der Waals surface area contributed by atoms with Gasteiger partial charge in [-0.25, -0.2) is 0 Å². The standard InChI is InChI=1S/C16H22N4O2/c1-2-7-20-14(3-1)18-19-15(20)12-17-13-4-8-22-16(11-13)5-9-21-10-6-16/h1-3,7,13,17H,4-6,8-12H2/t13-/m1/s1. The van der Waals surface area contributed by atoms with Crippen molar-refractivity contribution in [1.82, 2.24) is 19.9 Å². The van der Waals surface area contributed by atoms with Gasteiger partial charge in [0.05, 0.1) is 12.1 Å². The van der Waals surface area contributed by atoms with Crippen LogP contribution in [0, 0.1) is 0 Å². The van der Waals surface area contributed by atoms with Crippen LogP contribution in [0.15, 0.2) is 24.4 Å². The monoisotopic (exact) mass is 302 g/mol. The zero-order valence-electron chi connectivity index (χ0n) is 12.7. The van der Waals surface area contributed by atoms with E-state index < -0.39 is 0 Å². The fourth-order valence-corrected chi connectivity index (χ4v) is 3.54. The summed E-state index contributed by atoms with van der Waals surface area (Å²) in [7, 11) is 0. The van der Waals surface area contributed by atoms with Gasteiger partial charge in [0.1, 0.15) is 0 Å². The van der Waals surface area contributed by atoms with Crippen molar-refractivity contribution in [3.8, 4) is 0 Å². The van der Waals surface area contributed by atoms with Gasteiger partial charge < -0.3 is 14.8 Å². The lowest BCUT2D eigenvalue weighted by Crippen LogP contribution is -2.49. The predicted octanol–water partition coefficient (Wildman–Crippen LogP) is 1.55. The Hall–Kier alpha value is -1.50. The van der Waals surface area contributed by atoms with Crippen LogP contribution in [0.25, 0.3) is 5.65 Å². The largest absolute Gasteiger partial charge is 0.381 e. The Balaban J connectivity index is 1.41. The summed E-state index contributed by atoms with van der Waals surface area (Å²) in [5.74, 6) is 0.961. The summed E-state index contributed by atoms with van der Waals surface area (Å²) in [4.78, 5) is 0. The first-order valence-electron chi connectivity index (χ1n) is 8.08. The highest BCUT2D eigenvalue weighted by Crippen LogP contribution is 2.34. The maximum Gasteiger partial charge on any atom is 0.160 e. The second-order valence-corrected chi connectivity index (χ2v) is 6.26. The lowest BCUT2D eigenvalue weighted by atomic mass is 9.84. The van der Waals surface area contributed by atoms with Crippen molar-refractivity contribution in [3.05, 3.63) is 30.2 Å². The molecule has 2 aliphatic rings. The smallest absolute Gasteiger partial charge is 0.160 e. The molecule has 1 N–H and O–H groups in total. The quantitative estimate of drug-likeness (QED) is 0.932. The maximum atomic E-state index is 6.09. The number of pyridine rings is 1. The first-order chi connectivity index (χ1) is 10.8. The Kier molecular flexibility index (Phi) is 3.82. The van der Waals surface area contributed by atoms with E-state index in [-0.39, 0.29) is 5.60 Å². The summed E-state index contributed by atoms with van der Waals surface area (Å²) in [6.45, 7) is 3.21. The number of nitrogens with one attached hydrogen (secondary N) is 1. The fraction of sp³-hybridized carbons (Fsp3) is 0.625. The van der Waals surface area contributed by atoms with Gasteiger partial charge in [-0.3, -0.25) is 4.40 Å². The first kappa shape index (κ1) is 14.1. The molecular formula is C16H22N4O2. The van der Waals surface area contributed by atoms with Crippen LogP contribution < -0.4 is 5.32 Å². The molecule has 0 aromatic carbocycles. The van der Waals surface area contributed by atoms with Crippen molar-refractivity contribution < 1.29 is 9.47 Å². The lowest BCUT2D eigenvalue weighted by Gasteiger charge is -2.43. The van der Waals surface area contributed by atoms with Crippen molar-refractivity contribution in [2.45, 2.75) is 43.9 Å². The Morgan fingerprint density at radius 3 is 3.05 bits per heavy atom. The number of fused-ring (bicyclic) bond motifs is 1. The van der Waals surface area contributed by atoms with E-state index in [1.54, 1.807) is 0 Å². The maximum absolute atomic E-state index is 6.09. The van der Waals surface area contributed by atoms with Crippen LogP contribution in [-0.4, -0.2) is 46.1 Å². The average Bonchev–Trinajstić information content (AvgIpc) is 2.97. The Bertz CT molecular complexity index is 630. The lowest BCUT2D eigenvalue weighted by molar-refractivity contribution is -0.140. The van der Waals surface area contributed by atoms with Gasteiger partial charge in [0.15, 0.2) is 11.5 Å².